The van der Waals surface area contributed by atoms with Gasteiger partial charge < -0.3 is 14.7 Å². The molecule has 0 unspecified atom stereocenters. The Morgan fingerprint density at radius 1 is 1.28 bits per heavy atom. The van der Waals surface area contributed by atoms with Crippen LogP contribution in [0.1, 0.15) is 50.8 Å². The summed E-state index contributed by atoms with van der Waals surface area (Å²) in [5, 5.41) is 12.6. The fourth-order valence-electron chi connectivity index (χ4n) is 2.25. The van der Waals surface area contributed by atoms with Crippen molar-refractivity contribution in [2.45, 2.75) is 41.2 Å². The van der Waals surface area contributed by atoms with Crippen molar-refractivity contribution in [2.75, 3.05) is 6.61 Å². The molecule has 0 aliphatic rings. The van der Waals surface area contributed by atoms with Crippen LogP contribution in [-0.4, -0.2) is 23.3 Å². The molecule has 7 heteroatoms. The van der Waals surface area contributed by atoms with E-state index in [1.807, 2.05) is 6.92 Å². The van der Waals surface area contributed by atoms with Crippen molar-refractivity contribution in [1.29, 1.82) is 0 Å². The molecule has 1 aromatic carbocycles. The van der Waals surface area contributed by atoms with E-state index in [2.05, 4.69) is 4.98 Å². The number of hydrogen-bond donors (Lipinski definition) is 0. The van der Waals surface area contributed by atoms with E-state index < -0.39 is 17.2 Å². The van der Waals surface area contributed by atoms with Gasteiger partial charge in [0.1, 0.15) is 17.9 Å². The first kappa shape index (κ1) is 18.6. The maximum absolute atomic E-state index is 12.6. The maximum Gasteiger partial charge on any atom is 0.311 e. The highest BCUT2D eigenvalue weighted by Gasteiger charge is 2.27. The summed E-state index contributed by atoms with van der Waals surface area (Å²) in [4.78, 5) is 28.2. The minimum atomic E-state index is -0.687. The van der Waals surface area contributed by atoms with Crippen molar-refractivity contribution >= 4 is 22.8 Å². The fourth-order valence-corrected chi connectivity index (χ4v) is 2.25. The third-order valence-corrected chi connectivity index (χ3v) is 3.49. The third kappa shape index (κ3) is 4.04. The lowest BCUT2D eigenvalue weighted by molar-refractivity contribution is -0.580. The summed E-state index contributed by atoms with van der Waals surface area (Å²) in [6.07, 6.45) is 0. The number of nitrogens with zero attached hydrogens (tertiary/aromatic N) is 2. The van der Waals surface area contributed by atoms with Crippen molar-refractivity contribution < 1.29 is 23.8 Å². The van der Waals surface area contributed by atoms with Gasteiger partial charge in [0, 0.05) is 6.92 Å². The van der Waals surface area contributed by atoms with Gasteiger partial charge in [-0.05, 0) is 39.8 Å². The van der Waals surface area contributed by atoms with Crippen molar-refractivity contribution in [1.82, 2.24) is 4.98 Å². The number of rotatable bonds is 5. The van der Waals surface area contributed by atoms with E-state index in [0.29, 0.717) is 22.6 Å². The van der Waals surface area contributed by atoms with E-state index >= 15 is 0 Å². The molecule has 0 bridgehead atoms. The van der Waals surface area contributed by atoms with Crippen LogP contribution in [0.4, 0.5) is 0 Å². The molecular formula is C18H22N2O5. The zero-order valence-electron chi connectivity index (χ0n) is 15.1. The predicted molar refractivity (Wildman–Crippen MR) is 91.1 cm³/mol. The highest BCUT2D eigenvalue weighted by atomic mass is 16.5. The van der Waals surface area contributed by atoms with Gasteiger partial charge in [-0.2, -0.15) is 4.73 Å². The van der Waals surface area contributed by atoms with E-state index in [4.69, 9.17) is 9.47 Å². The Morgan fingerprint density at radius 2 is 1.96 bits per heavy atom. The van der Waals surface area contributed by atoms with E-state index in [1.54, 1.807) is 32.9 Å². The lowest BCUT2D eigenvalue weighted by atomic mass is 9.97. The second-order valence-electron chi connectivity index (χ2n) is 6.67. The van der Waals surface area contributed by atoms with Gasteiger partial charge in [0.2, 0.25) is 11.3 Å². The Morgan fingerprint density at radius 3 is 2.52 bits per heavy atom. The Balaban J connectivity index is 2.49. The largest absolute Gasteiger partial charge is 0.618 e. The van der Waals surface area contributed by atoms with E-state index in [9.17, 15) is 14.8 Å². The number of benzene rings is 1. The molecule has 0 aliphatic heterocycles. The molecular weight excluding hydrogens is 324 g/mol. The van der Waals surface area contributed by atoms with Crippen molar-refractivity contribution in [2.24, 2.45) is 5.41 Å². The Kier molecular flexibility index (Phi) is 5.25. The standard InChI is InChI=1S/C18H22N2O5/c1-6-24-12-7-8-13-15(9-12)20(23)16(11(2)21)14(19-13)10-25-17(22)18(3,4)5/h7-9H,6,10H2,1-5H3. The predicted octanol–water partition coefficient (Wildman–Crippen LogP) is 2.56. The average molecular weight is 346 g/mol. The molecule has 0 saturated heterocycles. The quantitative estimate of drug-likeness (QED) is 0.357. The van der Waals surface area contributed by atoms with Crippen molar-refractivity contribution in [3.8, 4) is 5.75 Å². The summed E-state index contributed by atoms with van der Waals surface area (Å²) in [5.41, 5.74) is -0.0699. The maximum atomic E-state index is 12.6. The number of Topliss-reactive ketones (excluding diaryl/α,β-unsaturated/α-hetero) is 1. The van der Waals surface area contributed by atoms with Crippen molar-refractivity contribution in [3.63, 3.8) is 0 Å². The van der Waals surface area contributed by atoms with Crippen LogP contribution in [0.3, 0.4) is 0 Å². The number of ketones is 1. The molecule has 1 heterocycles. The fraction of sp³-hybridized carbons (Fsp3) is 0.444. The molecule has 7 nitrogen and oxygen atoms in total. The average Bonchev–Trinajstić information content (AvgIpc) is 2.52. The Bertz CT molecular complexity index is 824. The number of fused-ring (bicyclic) bond motifs is 1. The van der Waals surface area contributed by atoms with Gasteiger partial charge in [0.05, 0.1) is 18.1 Å². The molecule has 0 fully saturated rings. The van der Waals surface area contributed by atoms with Crippen LogP contribution < -0.4 is 9.47 Å². The molecule has 0 radical (unpaired) electrons. The number of carbonyl (C=O) groups is 2. The van der Waals surface area contributed by atoms with Crippen LogP contribution in [0.15, 0.2) is 18.2 Å². The van der Waals surface area contributed by atoms with Gasteiger partial charge in [-0.25, -0.2) is 4.98 Å². The number of hydrogen-bond acceptors (Lipinski definition) is 6. The van der Waals surface area contributed by atoms with Crippen molar-refractivity contribution in [3.05, 3.63) is 34.8 Å². The molecule has 25 heavy (non-hydrogen) atoms. The summed E-state index contributed by atoms with van der Waals surface area (Å²) in [6, 6.07) is 4.86. The van der Waals surface area contributed by atoms with Crippen LogP contribution in [0, 0.1) is 10.6 Å². The first-order chi connectivity index (χ1) is 11.6. The highest BCUT2D eigenvalue weighted by Crippen LogP contribution is 2.20. The highest BCUT2D eigenvalue weighted by molar-refractivity contribution is 5.93. The van der Waals surface area contributed by atoms with Gasteiger partial charge in [-0.3, -0.25) is 9.59 Å². The lowest BCUT2D eigenvalue weighted by Gasteiger charge is -2.17. The topological polar surface area (TPSA) is 92.4 Å². The molecule has 0 atom stereocenters. The first-order valence-corrected chi connectivity index (χ1v) is 8.02. The molecule has 0 aliphatic carbocycles. The van der Waals surface area contributed by atoms with Crippen LogP contribution in [0.25, 0.3) is 11.0 Å². The summed E-state index contributed by atoms with van der Waals surface area (Å²) in [5.74, 6) is -0.371. The monoisotopic (exact) mass is 346 g/mol. The molecule has 0 spiro atoms. The van der Waals surface area contributed by atoms with Gasteiger partial charge in [0.25, 0.3) is 5.69 Å². The number of aromatic nitrogens is 2. The first-order valence-electron chi connectivity index (χ1n) is 8.02. The SMILES string of the molecule is CCOc1ccc2nc(COC(=O)C(C)(C)C)c(C(C)=O)[n+]([O-])c2c1. The Hall–Kier alpha value is -2.70. The number of esters is 1. The second-order valence-corrected chi connectivity index (χ2v) is 6.67. The summed E-state index contributed by atoms with van der Waals surface area (Å²) in [6.45, 7) is 8.49. The second kappa shape index (κ2) is 7.04. The molecule has 0 N–H and O–H groups in total. The zero-order valence-corrected chi connectivity index (χ0v) is 15.1. The number of ether oxygens (including phenoxy) is 2. The molecule has 134 valence electrons. The minimum absolute atomic E-state index is 0.136. The Labute approximate surface area is 146 Å². The minimum Gasteiger partial charge on any atom is -0.618 e. The van der Waals surface area contributed by atoms with Gasteiger partial charge in [0.15, 0.2) is 5.69 Å². The number of carbonyl (C=O) groups excluding carboxylic acids is 2. The van der Waals surface area contributed by atoms with E-state index in [1.165, 1.54) is 13.0 Å². The zero-order chi connectivity index (χ0) is 18.8. The summed E-state index contributed by atoms with van der Waals surface area (Å²) in [7, 11) is 0. The van der Waals surface area contributed by atoms with Crippen LogP contribution in [-0.2, 0) is 16.1 Å². The van der Waals surface area contributed by atoms with Crippen LogP contribution in [0.2, 0.25) is 0 Å². The summed E-state index contributed by atoms with van der Waals surface area (Å²) >= 11 is 0. The molecule has 0 amide bonds. The normalized spacial score (nSPS) is 11.4. The third-order valence-electron chi connectivity index (χ3n) is 3.49. The lowest BCUT2D eigenvalue weighted by Crippen LogP contribution is -2.37. The van der Waals surface area contributed by atoms with Gasteiger partial charge in [-0.1, -0.05) is 0 Å². The van der Waals surface area contributed by atoms with Gasteiger partial charge >= 0.3 is 5.97 Å². The van der Waals surface area contributed by atoms with E-state index in [-0.39, 0.29) is 23.5 Å². The van der Waals surface area contributed by atoms with Crippen LogP contribution in [0.5, 0.6) is 5.75 Å². The smallest absolute Gasteiger partial charge is 0.311 e. The molecule has 2 rings (SSSR count). The summed E-state index contributed by atoms with van der Waals surface area (Å²) < 4.78 is 11.1. The van der Waals surface area contributed by atoms with Crippen LogP contribution >= 0.6 is 0 Å². The van der Waals surface area contributed by atoms with E-state index in [0.717, 1.165) is 0 Å². The molecule has 2 aromatic rings. The van der Waals surface area contributed by atoms with Gasteiger partial charge in [-0.15, -0.1) is 0 Å². The molecule has 1 aromatic heterocycles. The molecule has 0 saturated carbocycles.